The lowest BCUT2D eigenvalue weighted by molar-refractivity contribution is 0.130. The third-order valence-corrected chi connectivity index (χ3v) is 3.32. The van der Waals surface area contributed by atoms with Crippen molar-refractivity contribution in [2.45, 2.75) is 26.4 Å². The Morgan fingerprint density at radius 1 is 1.61 bits per heavy atom. The molecule has 98 valence electrons. The van der Waals surface area contributed by atoms with E-state index in [2.05, 4.69) is 10.3 Å². The maximum absolute atomic E-state index is 12.0. The fourth-order valence-electron chi connectivity index (χ4n) is 2.17. The van der Waals surface area contributed by atoms with E-state index in [1.165, 1.54) is 0 Å². The molecule has 5 nitrogen and oxygen atoms in total. The van der Waals surface area contributed by atoms with Crippen LogP contribution in [-0.2, 0) is 0 Å². The van der Waals surface area contributed by atoms with E-state index in [1.54, 1.807) is 17.9 Å². The monoisotopic (exact) mass is 249 g/mol. The Labute approximate surface area is 107 Å². The lowest BCUT2D eigenvalue weighted by atomic mass is 10.0. The van der Waals surface area contributed by atoms with Crippen LogP contribution in [0.15, 0.2) is 18.2 Å². The van der Waals surface area contributed by atoms with Gasteiger partial charge in [0.1, 0.15) is 5.82 Å². The van der Waals surface area contributed by atoms with Crippen molar-refractivity contribution in [3.05, 3.63) is 23.9 Å². The van der Waals surface area contributed by atoms with E-state index >= 15 is 0 Å². The highest BCUT2D eigenvalue weighted by Gasteiger charge is 2.29. The number of nitrogens with zero attached hydrogens (tertiary/aromatic N) is 2. The van der Waals surface area contributed by atoms with Gasteiger partial charge in [0, 0.05) is 24.7 Å². The molecule has 0 spiro atoms. The van der Waals surface area contributed by atoms with Gasteiger partial charge >= 0.3 is 6.03 Å². The average molecular weight is 249 g/mol. The molecular weight excluding hydrogens is 230 g/mol. The molecule has 0 aliphatic carbocycles. The van der Waals surface area contributed by atoms with Gasteiger partial charge in [0.05, 0.1) is 6.10 Å². The molecule has 2 heterocycles. The van der Waals surface area contributed by atoms with Crippen LogP contribution >= 0.6 is 0 Å². The molecule has 2 rings (SSSR count). The van der Waals surface area contributed by atoms with Crippen LogP contribution in [-0.4, -0.2) is 40.2 Å². The molecule has 0 unspecified atom stereocenters. The van der Waals surface area contributed by atoms with E-state index < -0.39 is 0 Å². The standard InChI is InChI=1S/C13H19N3O2/c1-9-4-3-5-12(14-9)15-13(18)16-7-6-11(8-16)10(2)17/h3-5,10-11,17H,6-8H2,1-2H3,(H,14,15,18)/t10-,11+/m1/s1. The number of hydrogen-bond donors (Lipinski definition) is 2. The number of carbonyl (C=O) groups is 1. The number of aromatic nitrogens is 1. The van der Waals surface area contributed by atoms with Crippen molar-refractivity contribution < 1.29 is 9.90 Å². The molecule has 5 heteroatoms. The molecule has 1 aliphatic rings. The quantitative estimate of drug-likeness (QED) is 0.837. The topological polar surface area (TPSA) is 65.5 Å². The van der Waals surface area contributed by atoms with Gasteiger partial charge in [0.25, 0.3) is 0 Å². The summed E-state index contributed by atoms with van der Waals surface area (Å²) in [6, 6.07) is 5.37. The Hall–Kier alpha value is -1.62. The molecule has 0 bridgehead atoms. The molecule has 2 N–H and O–H groups in total. The Balaban J connectivity index is 1.93. The lowest BCUT2D eigenvalue weighted by Crippen LogP contribution is -2.34. The molecule has 18 heavy (non-hydrogen) atoms. The van der Waals surface area contributed by atoms with Crippen molar-refractivity contribution in [3.8, 4) is 0 Å². The van der Waals surface area contributed by atoms with E-state index in [0.717, 1.165) is 12.1 Å². The first kappa shape index (κ1) is 12.8. The summed E-state index contributed by atoms with van der Waals surface area (Å²) in [5.41, 5.74) is 0.871. The number of pyridine rings is 1. The molecule has 2 atom stereocenters. The molecule has 1 saturated heterocycles. The first-order valence-corrected chi connectivity index (χ1v) is 6.24. The first-order chi connectivity index (χ1) is 8.56. The number of carbonyl (C=O) groups excluding carboxylic acids is 1. The maximum atomic E-state index is 12.0. The smallest absolute Gasteiger partial charge is 0.323 e. The molecule has 0 radical (unpaired) electrons. The molecule has 2 amide bonds. The number of aryl methyl sites for hydroxylation is 1. The van der Waals surface area contributed by atoms with Crippen LogP contribution in [0.4, 0.5) is 10.6 Å². The number of hydrogen-bond acceptors (Lipinski definition) is 3. The molecule has 1 aromatic rings. The Morgan fingerprint density at radius 2 is 2.39 bits per heavy atom. The molecule has 1 fully saturated rings. The van der Waals surface area contributed by atoms with Crippen LogP contribution in [0, 0.1) is 12.8 Å². The number of urea groups is 1. The third kappa shape index (κ3) is 2.98. The highest BCUT2D eigenvalue weighted by atomic mass is 16.3. The Bertz CT molecular complexity index is 434. The zero-order valence-electron chi connectivity index (χ0n) is 10.8. The van der Waals surface area contributed by atoms with E-state index in [4.69, 9.17) is 0 Å². The van der Waals surface area contributed by atoms with Gasteiger partial charge in [-0.1, -0.05) is 6.07 Å². The van der Waals surface area contributed by atoms with Gasteiger partial charge < -0.3 is 10.0 Å². The predicted octanol–water partition coefficient (Wildman–Crippen LogP) is 1.62. The van der Waals surface area contributed by atoms with Gasteiger partial charge in [-0.2, -0.15) is 0 Å². The summed E-state index contributed by atoms with van der Waals surface area (Å²) in [5, 5.41) is 12.3. The van der Waals surface area contributed by atoms with Crippen LogP contribution < -0.4 is 5.32 Å². The average Bonchev–Trinajstić information content (AvgIpc) is 2.78. The van der Waals surface area contributed by atoms with Crippen LogP contribution in [0.2, 0.25) is 0 Å². The summed E-state index contributed by atoms with van der Waals surface area (Å²) in [4.78, 5) is 17.9. The van der Waals surface area contributed by atoms with Gasteiger partial charge in [-0.15, -0.1) is 0 Å². The van der Waals surface area contributed by atoms with Crippen molar-refractivity contribution in [2.24, 2.45) is 5.92 Å². The van der Waals surface area contributed by atoms with Crippen molar-refractivity contribution in [2.75, 3.05) is 18.4 Å². The van der Waals surface area contributed by atoms with Crippen LogP contribution in [0.5, 0.6) is 0 Å². The number of aliphatic hydroxyl groups is 1. The molecular formula is C13H19N3O2. The molecule has 1 aliphatic heterocycles. The summed E-state index contributed by atoms with van der Waals surface area (Å²) in [6.45, 7) is 4.95. The van der Waals surface area contributed by atoms with Crippen LogP contribution in [0.25, 0.3) is 0 Å². The molecule has 1 aromatic heterocycles. The summed E-state index contributed by atoms with van der Waals surface area (Å²) >= 11 is 0. The second kappa shape index (κ2) is 5.35. The molecule has 0 saturated carbocycles. The number of amides is 2. The normalized spacial score (nSPS) is 20.8. The van der Waals surface area contributed by atoms with Crippen LogP contribution in [0.3, 0.4) is 0 Å². The third-order valence-electron chi connectivity index (χ3n) is 3.32. The number of rotatable bonds is 2. The fourth-order valence-corrected chi connectivity index (χ4v) is 2.17. The Kier molecular flexibility index (Phi) is 3.81. The zero-order chi connectivity index (χ0) is 13.1. The fraction of sp³-hybridized carbons (Fsp3) is 0.538. The van der Waals surface area contributed by atoms with E-state index in [9.17, 15) is 9.90 Å². The molecule has 0 aromatic carbocycles. The minimum absolute atomic E-state index is 0.142. The van der Waals surface area contributed by atoms with Gasteiger partial charge in [-0.25, -0.2) is 9.78 Å². The maximum Gasteiger partial charge on any atom is 0.323 e. The van der Waals surface area contributed by atoms with Crippen LogP contribution in [0.1, 0.15) is 19.0 Å². The van der Waals surface area contributed by atoms with Gasteiger partial charge in [0.15, 0.2) is 0 Å². The number of aliphatic hydroxyl groups excluding tert-OH is 1. The van der Waals surface area contributed by atoms with E-state index in [1.807, 2.05) is 19.1 Å². The summed E-state index contributed by atoms with van der Waals surface area (Å²) in [6.07, 6.45) is 0.492. The van der Waals surface area contributed by atoms with Crippen molar-refractivity contribution >= 4 is 11.8 Å². The largest absolute Gasteiger partial charge is 0.393 e. The first-order valence-electron chi connectivity index (χ1n) is 6.24. The lowest BCUT2D eigenvalue weighted by Gasteiger charge is -2.18. The van der Waals surface area contributed by atoms with Crippen molar-refractivity contribution in [1.29, 1.82) is 0 Å². The highest BCUT2D eigenvalue weighted by molar-refractivity contribution is 5.88. The second-order valence-corrected chi connectivity index (χ2v) is 4.83. The number of nitrogens with one attached hydrogen (secondary N) is 1. The Morgan fingerprint density at radius 3 is 3.00 bits per heavy atom. The minimum atomic E-state index is -0.361. The summed E-state index contributed by atoms with van der Waals surface area (Å²) in [5.74, 6) is 0.752. The second-order valence-electron chi connectivity index (χ2n) is 4.83. The van der Waals surface area contributed by atoms with Gasteiger partial charge in [-0.3, -0.25) is 5.32 Å². The highest BCUT2D eigenvalue weighted by Crippen LogP contribution is 2.20. The van der Waals surface area contributed by atoms with Gasteiger partial charge in [0.2, 0.25) is 0 Å². The number of anilines is 1. The van der Waals surface area contributed by atoms with Crippen molar-refractivity contribution in [1.82, 2.24) is 9.88 Å². The minimum Gasteiger partial charge on any atom is -0.393 e. The van der Waals surface area contributed by atoms with E-state index in [-0.39, 0.29) is 18.1 Å². The van der Waals surface area contributed by atoms with Gasteiger partial charge in [-0.05, 0) is 32.4 Å². The zero-order valence-corrected chi connectivity index (χ0v) is 10.8. The number of likely N-dealkylation sites (tertiary alicyclic amines) is 1. The van der Waals surface area contributed by atoms with Crippen molar-refractivity contribution in [3.63, 3.8) is 0 Å². The van der Waals surface area contributed by atoms with E-state index in [0.29, 0.717) is 18.9 Å². The predicted molar refractivity (Wildman–Crippen MR) is 69.4 cm³/mol. The SMILES string of the molecule is Cc1cccc(NC(=O)N2CC[C@H]([C@@H](C)O)C2)n1. The summed E-state index contributed by atoms with van der Waals surface area (Å²) < 4.78 is 0. The summed E-state index contributed by atoms with van der Waals surface area (Å²) in [7, 11) is 0.